The molecule has 0 aliphatic heterocycles. The molecule has 3 aliphatic rings. The van der Waals surface area contributed by atoms with E-state index in [4.69, 9.17) is 18.9 Å². The third-order valence-corrected chi connectivity index (χ3v) is 10.5. The Morgan fingerprint density at radius 2 is 1.27 bits per heavy atom. The van der Waals surface area contributed by atoms with E-state index in [-0.39, 0.29) is 30.4 Å². The molecule has 11 nitrogen and oxygen atoms in total. The van der Waals surface area contributed by atoms with E-state index in [0.29, 0.717) is 5.57 Å². The molecule has 49 heavy (non-hydrogen) atoms. The van der Waals surface area contributed by atoms with Crippen molar-refractivity contribution >= 4 is 35.4 Å². The summed E-state index contributed by atoms with van der Waals surface area (Å²) in [5.41, 5.74) is -4.42. The maximum atomic E-state index is 14.5. The molecule has 0 amide bonds. The highest BCUT2D eigenvalue weighted by Gasteiger charge is 2.76. The molecule has 0 bridgehead atoms. The fourth-order valence-corrected chi connectivity index (χ4v) is 8.51. The highest BCUT2D eigenvalue weighted by Crippen LogP contribution is 2.65. The first kappa shape index (κ1) is 35.7. The number of Topliss-reactive ketones (excluding diaryl/α,β-unsaturated/α-hetero) is 2. The minimum absolute atomic E-state index is 0.148. The van der Waals surface area contributed by atoms with Crippen molar-refractivity contribution < 1.29 is 52.8 Å². The number of allylic oxidation sites excluding steroid dienone is 2. The minimum atomic E-state index is -2.53. The van der Waals surface area contributed by atoms with E-state index in [1.807, 2.05) is 0 Å². The van der Waals surface area contributed by atoms with Crippen molar-refractivity contribution in [3.8, 4) is 0 Å². The Labute approximate surface area is 284 Å². The zero-order valence-electron chi connectivity index (χ0n) is 28.5. The summed E-state index contributed by atoms with van der Waals surface area (Å²) in [7, 11) is 0. The van der Waals surface area contributed by atoms with Gasteiger partial charge in [0.1, 0.15) is 24.1 Å². The van der Waals surface area contributed by atoms with Gasteiger partial charge in [-0.2, -0.15) is 0 Å². The SMILES string of the molecule is CC(=O)O[C@H]1[C@@H](OC(=O)c2ccccc2)[C@]2(C)[C@H](C[C@H](OC(C)=O)[C@]3(O)C(=O)C/C=C(/C)CC(=O)[C@H]32)C(C)(C)[C@H]1OC(=O)c1ccccc1. The summed E-state index contributed by atoms with van der Waals surface area (Å²) in [5, 5.41) is 12.6. The van der Waals surface area contributed by atoms with E-state index in [1.54, 1.807) is 82.3 Å². The molecule has 0 spiro atoms. The number of hydrogen-bond donors (Lipinski definition) is 1. The summed E-state index contributed by atoms with van der Waals surface area (Å²) in [6, 6.07) is 16.2. The van der Waals surface area contributed by atoms with Crippen molar-refractivity contribution in [2.24, 2.45) is 22.7 Å². The Hall–Kier alpha value is -4.64. The number of fused-ring (bicyclic) bond motifs is 3. The summed E-state index contributed by atoms with van der Waals surface area (Å²) in [6.45, 7) is 9.11. The second kappa shape index (κ2) is 13.3. The molecule has 8 atom stereocenters. The zero-order chi connectivity index (χ0) is 35.9. The Balaban J connectivity index is 1.77. The molecule has 2 saturated carbocycles. The van der Waals surface area contributed by atoms with Gasteiger partial charge in [-0.15, -0.1) is 0 Å². The maximum Gasteiger partial charge on any atom is 0.338 e. The minimum Gasteiger partial charge on any atom is -0.459 e. The van der Waals surface area contributed by atoms with Crippen LogP contribution in [0.2, 0.25) is 0 Å². The number of hydrogen-bond acceptors (Lipinski definition) is 11. The Morgan fingerprint density at radius 3 is 1.78 bits per heavy atom. The molecule has 2 fully saturated rings. The van der Waals surface area contributed by atoms with Crippen LogP contribution in [0, 0.1) is 22.7 Å². The van der Waals surface area contributed by atoms with Crippen molar-refractivity contribution in [3.63, 3.8) is 0 Å². The van der Waals surface area contributed by atoms with Crippen molar-refractivity contribution in [1.82, 2.24) is 0 Å². The molecule has 3 aliphatic carbocycles. The molecule has 1 N–H and O–H groups in total. The average molecular weight is 675 g/mol. The second-order valence-corrected chi connectivity index (χ2v) is 14.1. The Bertz CT molecular complexity index is 1680. The lowest BCUT2D eigenvalue weighted by molar-refractivity contribution is -0.288. The van der Waals surface area contributed by atoms with Crippen LogP contribution >= 0.6 is 0 Å². The highest BCUT2D eigenvalue weighted by atomic mass is 16.6. The molecule has 0 saturated heterocycles. The van der Waals surface area contributed by atoms with Gasteiger partial charge in [0.05, 0.1) is 17.0 Å². The van der Waals surface area contributed by atoms with Crippen LogP contribution in [0.5, 0.6) is 0 Å². The number of benzene rings is 2. The number of ether oxygens (including phenoxy) is 4. The van der Waals surface area contributed by atoms with Gasteiger partial charge in [0.15, 0.2) is 17.5 Å². The monoisotopic (exact) mass is 674 g/mol. The molecular formula is C38H42O11. The van der Waals surface area contributed by atoms with E-state index in [1.165, 1.54) is 12.1 Å². The van der Waals surface area contributed by atoms with E-state index >= 15 is 0 Å². The lowest BCUT2D eigenvalue weighted by Gasteiger charge is -2.66. The van der Waals surface area contributed by atoms with Crippen LogP contribution in [-0.2, 0) is 38.1 Å². The quantitative estimate of drug-likeness (QED) is 0.259. The van der Waals surface area contributed by atoms with Gasteiger partial charge in [-0.3, -0.25) is 19.2 Å². The summed E-state index contributed by atoms with van der Waals surface area (Å²) in [5.74, 6) is -6.86. The summed E-state index contributed by atoms with van der Waals surface area (Å²) in [6.07, 6.45) is -4.79. The van der Waals surface area contributed by atoms with Gasteiger partial charge in [-0.05, 0) is 43.5 Å². The van der Waals surface area contributed by atoms with Crippen LogP contribution in [0.15, 0.2) is 72.3 Å². The molecule has 5 rings (SSSR count). The largest absolute Gasteiger partial charge is 0.459 e. The van der Waals surface area contributed by atoms with Crippen LogP contribution in [0.1, 0.15) is 81.5 Å². The molecule has 0 heterocycles. The molecule has 0 aromatic heterocycles. The van der Waals surface area contributed by atoms with Crippen LogP contribution < -0.4 is 0 Å². The van der Waals surface area contributed by atoms with Crippen molar-refractivity contribution in [2.45, 2.75) is 90.8 Å². The van der Waals surface area contributed by atoms with Gasteiger partial charge in [0.2, 0.25) is 0 Å². The third-order valence-electron chi connectivity index (χ3n) is 10.5. The number of ketones is 2. The molecular weight excluding hydrogens is 632 g/mol. The fraction of sp³-hybridized carbons (Fsp3) is 0.474. The standard InChI is InChI=1S/C38H42O11/c1-21-17-18-28(42)38(45)29(46-22(2)39)20-27-36(4,5)32(48-34(43)24-13-9-7-10-14-24)30(47-23(3)40)33(37(27,6)31(38)26(41)19-21)49-35(44)25-15-11-8-12-16-25/h7-17,27,29-33,45H,18-20H2,1-6H3/b21-17-/t27-,29+,30-,31+,32+,33-,37-,38-/m1/s1. The number of aliphatic hydroxyl groups is 1. The maximum absolute atomic E-state index is 14.5. The number of rotatable bonds is 6. The van der Waals surface area contributed by atoms with Crippen LogP contribution in [-0.4, -0.2) is 70.6 Å². The van der Waals surface area contributed by atoms with Gasteiger partial charge < -0.3 is 24.1 Å². The van der Waals surface area contributed by atoms with Crippen molar-refractivity contribution in [2.75, 3.05) is 0 Å². The smallest absolute Gasteiger partial charge is 0.338 e. The summed E-state index contributed by atoms with van der Waals surface area (Å²) < 4.78 is 24.0. The average Bonchev–Trinajstić information content (AvgIpc) is 3.04. The normalized spacial score (nSPS) is 33.2. The van der Waals surface area contributed by atoms with Crippen LogP contribution in [0.25, 0.3) is 0 Å². The molecule has 2 aromatic rings. The van der Waals surface area contributed by atoms with Crippen molar-refractivity contribution in [1.29, 1.82) is 0 Å². The van der Waals surface area contributed by atoms with E-state index in [2.05, 4.69) is 0 Å². The van der Waals surface area contributed by atoms with E-state index in [0.717, 1.165) is 13.8 Å². The number of carbonyl (C=O) groups is 6. The first-order chi connectivity index (χ1) is 23.0. The predicted molar refractivity (Wildman–Crippen MR) is 174 cm³/mol. The zero-order valence-corrected chi connectivity index (χ0v) is 28.5. The fourth-order valence-electron chi connectivity index (χ4n) is 8.51. The predicted octanol–water partition coefficient (Wildman–Crippen LogP) is 4.59. The van der Waals surface area contributed by atoms with Gasteiger partial charge in [0, 0.05) is 37.5 Å². The molecule has 2 aromatic carbocycles. The van der Waals surface area contributed by atoms with Gasteiger partial charge >= 0.3 is 23.9 Å². The molecule has 11 heteroatoms. The van der Waals surface area contributed by atoms with Crippen LogP contribution in [0.4, 0.5) is 0 Å². The lowest BCUT2D eigenvalue weighted by atomic mass is 9.41. The second-order valence-electron chi connectivity index (χ2n) is 14.1. The van der Waals surface area contributed by atoms with Gasteiger partial charge in [-0.25, -0.2) is 9.59 Å². The third kappa shape index (κ3) is 6.32. The molecule has 260 valence electrons. The van der Waals surface area contributed by atoms with Crippen molar-refractivity contribution in [3.05, 3.63) is 83.4 Å². The molecule has 0 unspecified atom stereocenters. The van der Waals surface area contributed by atoms with Gasteiger partial charge in [0.25, 0.3) is 0 Å². The first-order valence-electron chi connectivity index (χ1n) is 16.3. The number of carbonyl (C=O) groups excluding carboxylic acids is 6. The first-order valence-corrected chi connectivity index (χ1v) is 16.3. The summed E-state index contributed by atoms with van der Waals surface area (Å²) in [4.78, 5) is 81.4. The summed E-state index contributed by atoms with van der Waals surface area (Å²) >= 11 is 0. The Kier molecular flexibility index (Phi) is 9.71. The topological polar surface area (TPSA) is 160 Å². The Morgan fingerprint density at radius 1 is 0.755 bits per heavy atom. The van der Waals surface area contributed by atoms with Gasteiger partial charge in [-0.1, -0.05) is 68.8 Å². The number of esters is 4. The van der Waals surface area contributed by atoms with E-state index in [9.17, 15) is 33.9 Å². The molecule has 0 radical (unpaired) electrons. The highest BCUT2D eigenvalue weighted by molar-refractivity contribution is 5.99. The lowest BCUT2D eigenvalue weighted by Crippen LogP contribution is -2.78. The van der Waals surface area contributed by atoms with E-state index < -0.39 is 88.1 Å². The van der Waals surface area contributed by atoms with Crippen LogP contribution in [0.3, 0.4) is 0 Å².